The number of nitrogens with one attached hydrogen (secondary N) is 2. The Kier molecular flexibility index (Phi) is 13.5. The van der Waals surface area contributed by atoms with Gasteiger partial charge in [-0.2, -0.15) is 11.8 Å². The van der Waals surface area contributed by atoms with Gasteiger partial charge in [0.05, 0.1) is 0 Å². The number of aryl methyl sites for hydroxylation is 2. The Bertz CT molecular complexity index is 1350. The smallest absolute Gasteiger partial charge is 0.408 e. The molecule has 10 heteroatoms. The average molecular weight is 638 g/mol. The highest BCUT2D eigenvalue weighted by Gasteiger charge is 2.38. The van der Waals surface area contributed by atoms with Gasteiger partial charge in [-0.25, -0.2) is 9.59 Å². The van der Waals surface area contributed by atoms with Crippen LogP contribution in [0.1, 0.15) is 76.3 Å². The second-order valence-electron chi connectivity index (χ2n) is 12.9. The highest BCUT2D eigenvalue weighted by molar-refractivity contribution is 7.98. The summed E-state index contributed by atoms with van der Waals surface area (Å²) in [5.41, 5.74) is 1.37. The first-order valence-corrected chi connectivity index (χ1v) is 16.3. The molecule has 3 amide bonds. The van der Waals surface area contributed by atoms with Crippen LogP contribution in [0.5, 0.6) is 0 Å². The number of terminal acetylenes is 1. The van der Waals surface area contributed by atoms with Crippen LogP contribution in [0.25, 0.3) is 0 Å². The normalized spacial score (nSPS) is 13.4. The van der Waals surface area contributed by atoms with Crippen LogP contribution in [0.2, 0.25) is 0 Å². The van der Waals surface area contributed by atoms with Crippen molar-refractivity contribution >= 4 is 35.6 Å². The summed E-state index contributed by atoms with van der Waals surface area (Å²) in [7, 11) is 0. The summed E-state index contributed by atoms with van der Waals surface area (Å²) in [6.45, 7) is 14.1. The molecule has 0 spiro atoms. The lowest BCUT2D eigenvalue weighted by Gasteiger charge is -2.32. The topological polar surface area (TPSA) is 114 Å². The van der Waals surface area contributed by atoms with E-state index < -0.39 is 53.2 Å². The first-order chi connectivity index (χ1) is 20.9. The maximum absolute atomic E-state index is 14.3. The predicted octanol–water partition coefficient (Wildman–Crippen LogP) is 5.48. The van der Waals surface area contributed by atoms with Crippen molar-refractivity contribution in [3.63, 3.8) is 0 Å². The van der Waals surface area contributed by atoms with Crippen molar-refractivity contribution in [2.24, 2.45) is 0 Å². The van der Waals surface area contributed by atoms with E-state index in [1.54, 1.807) is 53.7 Å². The van der Waals surface area contributed by atoms with Gasteiger partial charge in [-0.3, -0.25) is 14.5 Å². The van der Waals surface area contributed by atoms with Gasteiger partial charge in [-0.1, -0.05) is 66.1 Å². The summed E-state index contributed by atoms with van der Waals surface area (Å²) < 4.78 is 11.1. The number of esters is 1. The van der Waals surface area contributed by atoms with E-state index in [0.29, 0.717) is 11.3 Å². The lowest BCUT2D eigenvalue weighted by atomic mass is 9.97. The Balaban J connectivity index is 2.57. The Labute approximate surface area is 272 Å². The quantitative estimate of drug-likeness (QED) is 0.180. The molecule has 0 bridgehead atoms. The molecule has 3 unspecified atom stereocenters. The number of nitrogens with zero attached hydrogens (tertiary/aromatic N) is 1. The molecule has 2 N–H and O–H groups in total. The molecule has 2 rings (SSSR count). The fourth-order valence-electron chi connectivity index (χ4n) is 4.63. The average Bonchev–Trinajstić information content (AvgIpc) is 2.91. The predicted molar refractivity (Wildman–Crippen MR) is 178 cm³/mol. The Morgan fingerprint density at radius 1 is 0.889 bits per heavy atom. The van der Waals surface area contributed by atoms with Crippen LogP contribution >= 0.6 is 11.8 Å². The molecular weight excluding hydrogens is 590 g/mol. The number of hydrogen-bond donors (Lipinski definition) is 2. The number of thioether (sulfide) groups is 1. The molecule has 0 saturated carbocycles. The summed E-state index contributed by atoms with van der Waals surface area (Å²) in [6, 6.07) is 13.6. The first-order valence-electron chi connectivity index (χ1n) is 14.9. The van der Waals surface area contributed by atoms with Crippen molar-refractivity contribution in [1.82, 2.24) is 15.5 Å². The lowest BCUT2D eigenvalue weighted by Crippen LogP contribution is -2.54. The number of rotatable bonds is 12. The number of ether oxygens (including phenoxy) is 2. The van der Waals surface area contributed by atoms with Gasteiger partial charge in [-0.15, -0.1) is 0 Å². The van der Waals surface area contributed by atoms with Gasteiger partial charge in [0.25, 0.3) is 5.91 Å². The molecule has 0 aliphatic heterocycles. The molecule has 0 aromatic heterocycles. The molecule has 0 saturated heterocycles. The summed E-state index contributed by atoms with van der Waals surface area (Å²) >= 11 is 1.49. The molecule has 2 aromatic carbocycles. The zero-order valence-corrected chi connectivity index (χ0v) is 28.7. The van der Waals surface area contributed by atoms with Gasteiger partial charge < -0.3 is 20.1 Å². The van der Waals surface area contributed by atoms with Crippen LogP contribution in [0.3, 0.4) is 0 Å². The summed E-state index contributed by atoms with van der Waals surface area (Å²) in [6.07, 6.45) is 7.45. The van der Waals surface area contributed by atoms with Crippen LogP contribution in [-0.4, -0.2) is 64.1 Å². The summed E-state index contributed by atoms with van der Waals surface area (Å²) in [5, 5.41) is 5.47. The molecule has 0 heterocycles. The first kappa shape index (κ1) is 37.2. The maximum Gasteiger partial charge on any atom is 0.408 e. The van der Waals surface area contributed by atoms with Crippen LogP contribution in [0.15, 0.2) is 48.5 Å². The van der Waals surface area contributed by atoms with E-state index in [-0.39, 0.29) is 12.8 Å². The summed E-state index contributed by atoms with van der Waals surface area (Å²) in [5.74, 6) is -1.42. The number of carbonyl (C=O) groups excluding carboxylic acids is 4. The number of carbonyl (C=O) groups is 4. The molecular formula is C35H47N3O6S. The molecule has 45 heavy (non-hydrogen) atoms. The van der Waals surface area contributed by atoms with Gasteiger partial charge in [-0.05, 0) is 84.9 Å². The third kappa shape index (κ3) is 12.5. The fraction of sp³-hybridized carbons (Fsp3) is 0.486. The van der Waals surface area contributed by atoms with Crippen molar-refractivity contribution in [2.45, 2.75) is 97.6 Å². The number of benzene rings is 2. The van der Waals surface area contributed by atoms with Crippen LogP contribution in [0.4, 0.5) is 4.79 Å². The molecule has 244 valence electrons. The zero-order valence-electron chi connectivity index (χ0n) is 27.9. The van der Waals surface area contributed by atoms with Crippen molar-refractivity contribution in [1.29, 1.82) is 0 Å². The van der Waals surface area contributed by atoms with Crippen LogP contribution in [0, 0.1) is 26.3 Å². The van der Waals surface area contributed by atoms with Gasteiger partial charge >= 0.3 is 12.1 Å². The lowest BCUT2D eigenvalue weighted by molar-refractivity contribution is -0.159. The minimum absolute atomic E-state index is 0.154. The third-order valence-electron chi connectivity index (χ3n) is 6.33. The Hall–Kier alpha value is -3.97. The third-order valence-corrected chi connectivity index (χ3v) is 6.98. The van der Waals surface area contributed by atoms with E-state index in [0.717, 1.165) is 21.6 Å². The molecule has 0 aliphatic carbocycles. The molecule has 0 aliphatic rings. The van der Waals surface area contributed by atoms with Crippen molar-refractivity contribution in [2.75, 3.05) is 12.0 Å². The van der Waals surface area contributed by atoms with Crippen LogP contribution < -0.4 is 10.6 Å². The van der Waals surface area contributed by atoms with Crippen LogP contribution in [-0.2, 0) is 30.3 Å². The Morgan fingerprint density at radius 2 is 1.47 bits per heavy atom. The molecule has 2 aromatic rings. The van der Waals surface area contributed by atoms with E-state index in [9.17, 15) is 19.2 Å². The largest absolute Gasteiger partial charge is 0.458 e. The Morgan fingerprint density at radius 3 is 1.98 bits per heavy atom. The molecule has 9 nitrogen and oxygen atoms in total. The monoisotopic (exact) mass is 637 g/mol. The highest BCUT2D eigenvalue weighted by Crippen LogP contribution is 2.26. The van der Waals surface area contributed by atoms with E-state index in [4.69, 9.17) is 15.9 Å². The minimum Gasteiger partial charge on any atom is -0.458 e. The standard InChI is InChI=1S/C35H47N3O6S/c1-11-38(31(40)27(17-18-45-10)37-33(42)44-35(7,8)9)29(26-20-23(2)19-24(3)21-26)30(39)36-28(32(41)43-34(4,5)6)22-25-15-13-12-14-16-25/h1,12-16,19-21,27-29H,17-18,22H2,2-10H3,(H,36,39)(H,37,42). The number of hydrogen-bond acceptors (Lipinski definition) is 7. The van der Waals surface area contributed by atoms with E-state index in [1.165, 1.54) is 11.8 Å². The van der Waals surface area contributed by atoms with E-state index in [2.05, 4.69) is 16.7 Å². The second-order valence-corrected chi connectivity index (χ2v) is 13.9. The molecule has 0 radical (unpaired) electrons. The van der Waals surface area contributed by atoms with Gasteiger partial charge in [0, 0.05) is 12.5 Å². The van der Waals surface area contributed by atoms with Crippen molar-refractivity contribution in [3.05, 3.63) is 70.8 Å². The van der Waals surface area contributed by atoms with Gasteiger partial charge in [0.2, 0.25) is 5.91 Å². The second kappa shape index (κ2) is 16.4. The number of alkyl carbamates (subject to hydrolysis) is 1. The van der Waals surface area contributed by atoms with Gasteiger partial charge in [0.1, 0.15) is 29.3 Å². The fourth-order valence-corrected chi connectivity index (χ4v) is 5.10. The zero-order chi connectivity index (χ0) is 33.9. The number of amides is 3. The molecule has 0 fully saturated rings. The van der Waals surface area contributed by atoms with Gasteiger partial charge in [0.15, 0.2) is 0 Å². The van der Waals surface area contributed by atoms with E-state index >= 15 is 0 Å². The van der Waals surface area contributed by atoms with Crippen molar-refractivity contribution < 1.29 is 28.7 Å². The highest BCUT2D eigenvalue weighted by atomic mass is 32.2. The maximum atomic E-state index is 14.3. The summed E-state index contributed by atoms with van der Waals surface area (Å²) in [4.78, 5) is 55.5. The van der Waals surface area contributed by atoms with Crippen molar-refractivity contribution in [3.8, 4) is 12.5 Å². The minimum atomic E-state index is -1.32. The van der Waals surface area contributed by atoms with E-state index in [1.807, 2.05) is 56.5 Å². The molecule has 3 atom stereocenters. The SMILES string of the molecule is C#CN(C(=O)C(CCSC)NC(=O)OC(C)(C)C)C(C(=O)NC(Cc1ccccc1)C(=O)OC(C)(C)C)c1cc(C)cc(C)c1.